The fourth-order valence-electron chi connectivity index (χ4n) is 2.59. The first-order chi connectivity index (χ1) is 9.10. The molecule has 1 fully saturated rings. The zero-order valence-electron chi connectivity index (χ0n) is 12.3. The first kappa shape index (κ1) is 16.9. The van der Waals surface area contributed by atoms with Crippen LogP contribution in [0.15, 0.2) is 0 Å². The van der Waals surface area contributed by atoms with Crippen molar-refractivity contribution in [2.24, 2.45) is 0 Å². The molecule has 0 aromatic heterocycles. The van der Waals surface area contributed by atoms with Gasteiger partial charge in [-0.2, -0.15) is 12.7 Å². The molecule has 0 bridgehead atoms. The number of rotatable bonds is 8. The lowest BCUT2D eigenvalue weighted by Crippen LogP contribution is -2.44. The Balaban J connectivity index is 2.22. The zero-order chi connectivity index (χ0) is 14.1. The summed E-state index contributed by atoms with van der Waals surface area (Å²) >= 11 is 0. The second kappa shape index (κ2) is 8.89. The third-order valence-corrected chi connectivity index (χ3v) is 5.51. The maximum atomic E-state index is 11.9. The van der Waals surface area contributed by atoms with Crippen LogP contribution < -0.4 is 10.0 Å². The summed E-state index contributed by atoms with van der Waals surface area (Å²) in [7, 11) is -3.29. The molecule has 1 saturated carbocycles. The highest BCUT2D eigenvalue weighted by atomic mass is 32.2. The van der Waals surface area contributed by atoms with Gasteiger partial charge in [-0.15, -0.1) is 0 Å². The van der Waals surface area contributed by atoms with E-state index in [-0.39, 0.29) is 0 Å². The Morgan fingerprint density at radius 2 is 1.58 bits per heavy atom. The summed E-state index contributed by atoms with van der Waals surface area (Å²) in [5, 5.41) is 3.46. The molecule has 0 amide bonds. The molecule has 0 aromatic carbocycles. The van der Waals surface area contributed by atoms with E-state index in [1.165, 1.54) is 42.8 Å². The largest absolute Gasteiger partial charge is 0.313 e. The Morgan fingerprint density at radius 1 is 1.00 bits per heavy atom. The molecule has 0 saturated heterocycles. The minimum absolute atomic E-state index is 0.468. The quantitative estimate of drug-likeness (QED) is 0.526. The van der Waals surface area contributed by atoms with E-state index in [9.17, 15) is 8.42 Å². The van der Waals surface area contributed by atoms with Crippen LogP contribution in [0.1, 0.15) is 52.4 Å². The van der Waals surface area contributed by atoms with Gasteiger partial charge in [-0.1, -0.05) is 39.5 Å². The van der Waals surface area contributed by atoms with Gasteiger partial charge < -0.3 is 5.32 Å². The van der Waals surface area contributed by atoms with Crippen LogP contribution in [0.2, 0.25) is 0 Å². The molecule has 0 aliphatic heterocycles. The SMILES string of the molecule is CCN(CC)S(=O)(=O)NCCNC1CCCCCC1. The van der Waals surface area contributed by atoms with Gasteiger partial charge in [0.2, 0.25) is 0 Å². The van der Waals surface area contributed by atoms with E-state index in [2.05, 4.69) is 10.0 Å². The van der Waals surface area contributed by atoms with E-state index in [0.29, 0.717) is 32.2 Å². The van der Waals surface area contributed by atoms with Gasteiger partial charge in [-0.05, 0) is 12.8 Å². The van der Waals surface area contributed by atoms with Gasteiger partial charge in [0.1, 0.15) is 0 Å². The van der Waals surface area contributed by atoms with Crippen molar-refractivity contribution < 1.29 is 8.42 Å². The predicted molar refractivity (Wildman–Crippen MR) is 79.3 cm³/mol. The summed E-state index contributed by atoms with van der Waals surface area (Å²) in [4.78, 5) is 0. The van der Waals surface area contributed by atoms with Crippen LogP contribution >= 0.6 is 0 Å². The minimum atomic E-state index is -3.29. The van der Waals surface area contributed by atoms with Crippen LogP contribution in [0.25, 0.3) is 0 Å². The first-order valence-corrected chi connectivity index (χ1v) is 9.02. The van der Waals surface area contributed by atoms with E-state index in [0.717, 1.165) is 0 Å². The third-order valence-electron chi connectivity index (χ3n) is 3.74. The molecule has 0 spiro atoms. The maximum Gasteiger partial charge on any atom is 0.279 e. The van der Waals surface area contributed by atoms with Crippen molar-refractivity contribution in [3.8, 4) is 0 Å². The standard InChI is InChI=1S/C13H29N3O2S/c1-3-16(4-2)19(17,18)15-12-11-14-13-9-7-5-6-8-10-13/h13-15H,3-12H2,1-2H3. The molecule has 19 heavy (non-hydrogen) atoms. The molecule has 0 radical (unpaired) electrons. The van der Waals surface area contributed by atoms with Gasteiger partial charge >= 0.3 is 0 Å². The molecule has 0 aromatic rings. The van der Waals surface area contributed by atoms with Crippen molar-refractivity contribution in [3.63, 3.8) is 0 Å². The van der Waals surface area contributed by atoms with Crippen molar-refractivity contribution in [1.29, 1.82) is 0 Å². The highest BCUT2D eigenvalue weighted by Crippen LogP contribution is 2.16. The summed E-state index contributed by atoms with van der Waals surface area (Å²) in [5.41, 5.74) is 0. The number of nitrogens with one attached hydrogen (secondary N) is 2. The molecule has 1 rings (SSSR count). The highest BCUT2D eigenvalue weighted by molar-refractivity contribution is 7.87. The third kappa shape index (κ3) is 6.21. The van der Waals surface area contributed by atoms with Crippen LogP contribution in [0, 0.1) is 0 Å². The lowest BCUT2D eigenvalue weighted by atomic mass is 10.1. The molecule has 114 valence electrons. The Morgan fingerprint density at radius 3 is 2.11 bits per heavy atom. The minimum Gasteiger partial charge on any atom is -0.313 e. The Labute approximate surface area is 118 Å². The first-order valence-electron chi connectivity index (χ1n) is 7.58. The van der Waals surface area contributed by atoms with Gasteiger partial charge in [-0.3, -0.25) is 0 Å². The lowest BCUT2D eigenvalue weighted by molar-refractivity contribution is 0.428. The topological polar surface area (TPSA) is 61.4 Å². The van der Waals surface area contributed by atoms with Gasteiger partial charge in [-0.25, -0.2) is 4.72 Å². The van der Waals surface area contributed by atoms with Gasteiger partial charge in [0.05, 0.1) is 0 Å². The molecule has 0 unspecified atom stereocenters. The number of hydrogen-bond acceptors (Lipinski definition) is 3. The zero-order valence-corrected chi connectivity index (χ0v) is 13.1. The van der Waals surface area contributed by atoms with E-state index in [1.54, 1.807) is 0 Å². The maximum absolute atomic E-state index is 11.9. The molecule has 2 N–H and O–H groups in total. The van der Waals surface area contributed by atoms with Crippen LogP contribution in [0.5, 0.6) is 0 Å². The fraction of sp³-hybridized carbons (Fsp3) is 1.00. The molecule has 1 aliphatic rings. The van der Waals surface area contributed by atoms with Gasteiger partial charge in [0, 0.05) is 32.2 Å². The smallest absolute Gasteiger partial charge is 0.279 e. The highest BCUT2D eigenvalue weighted by Gasteiger charge is 2.17. The molecule has 1 aliphatic carbocycles. The second-order valence-electron chi connectivity index (χ2n) is 5.13. The summed E-state index contributed by atoms with van der Waals surface area (Å²) in [5.74, 6) is 0. The summed E-state index contributed by atoms with van der Waals surface area (Å²) in [6, 6.07) is 0.570. The fourth-order valence-corrected chi connectivity index (χ4v) is 3.82. The van der Waals surface area contributed by atoms with E-state index >= 15 is 0 Å². The second-order valence-corrected chi connectivity index (χ2v) is 6.88. The lowest BCUT2D eigenvalue weighted by Gasteiger charge is -2.20. The molecule has 0 atom stereocenters. The van der Waals surface area contributed by atoms with Crippen molar-refractivity contribution in [2.75, 3.05) is 26.2 Å². The normalized spacial score (nSPS) is 18.7. The van der Waals surface area contributed by atoms with E-state index < -0.39 is 10.2 Å². The molecule has 5 nitrogen and oxygen atoms in total. The van der Waals surface area contributed by atoms with Gasteiger partial charge in [0.15, 0.2) is 0 Å². The average Bonchev–Trinajstić information content (AvgIpc) is 2.64. The van der Waals surface area contributed by atoms with Crippen LogP contribution in [-0.2, 0) is 10.2 Å². The van der Waals surface area contributed by atoms with Crippen LogP contribution in [-0.4, -0.2) is 44.9 Å². The number of hydrogen-bond donors (Lipinski definition) is 2. The Hall–Kier alpha value is -0.170. The van der Waals surface area contributed by atoms with Gasteiger partial charge in [0.25, 0.3) is 10.2 Å². The average molecular weight is 291 g/mol. The van der Waals surface area contributed by atoms with Crippen molar-refractivity contribution in [2.45, 2.75) is 58.4 Å². The predicted octanol–water partition coefficient (Wildman–Crippen LogP) is 1.47. The summed E-state index contributed by atoms with van der Waals surface area (Å²) < 4.78 is 27.9. The van der Waals surface area contributed by atoms with Crippen molar-refractivity contribution in [3.05, 3.63) is 0 Å². The molecular formula is C13H29N3O2S. The summed E-state index contributed by atoms with van der Waals surface area (Å²) in [6.07, 6.45) is 7.72. The molecule has 0 heterocycles. The summed E-state index contributed by atoms with van der Waals surface area (Å²) in [6.45, 7) is 5.92. The van der Waals surface area contributed by atoms with Crippen LogP contribution in [0.3, 0.4) is 0 Å². The number of nitrogens with zero attached hydrogens (tertiary/aromatic N) is 1. The van der Waals surface area contributed by atoms with E-state index in [1.807, 2.05) is 13.8 Å². The van der Waals surface area contributed by atoms with Crippen LogP contribution in [0.4, 0.5) is 0 Å². The molecule has 6 heteroatoms. The van der Waals surface area contributed by atoms with Crippen molar-refractivity contribution in [1.82, 2.24) is 14.3 Å². The van der Waals surface area contributed by atoms with Crippen molar-refractivity contribution >= 4 is 10.2 Å². The Kier molecular flexibility index (Phi) is 7.90. The Bertz CT molecular complexity index is 321. The monoisotopic (exact) mass is 291 g/mol. The molecular weight excluding hydrogens is 262 g/mol. The van der Waals surface area contributed by atoms with E-state index in [4.69, 9.17) is 0 Å².